The van der Waals surface area contributed by atoms with Crippen molar-refractivity contribution in [2.24, 2.45) is 50.2 Å². The molecule has 9 rings (SSSR count). The molecule has 408 valence electrons. The maximum absolute atomic E-state index is 14.6. The average Bonchev–Trinajstić information content (AvgIpc) is 3.38. The smallest absolute Gasteiger partial charge is 0.339 e. The van der Waals surface area contributed by atoms with Crippen LogP contribution in [0.2, 0.25) is 0 Å². The number of esters is 5. The SMILES string of the molecule is C=CCOC(=O)[C@]12CCC(C)(C)C[C@H]1C1=CC[C@@H]3[C@@]4(C)CC[C@H](O[C@@H]5O[C@H](C(=O)OC(C)(C)C)[C@@H](OC(=O)c6ccccc6)[C@H](OC(=O)c6ccccc6)[C@H]5OC(=O)c5ccccc5)C(C)(C)[C@@H]4CC[C@@]3(C)[C@]1(C)CC2. The Hall–Kier alpha value is -5.59. The van der Waals surface area contributed by atoms with Gasteiger partial charge in [0.15, 0.2) is 30.7 Å². The minimum atomic E-state index is -1.69. The van der Waals surface area contributed by atoms with Crippen molar-refractivity contribution in [3.8, 4) is 0 Å². The lowest BCUT2D eigenvalue weighted by atomic mass is 9.33. The van der Waals surface area contributed by atoms with E-state index in [0.717, 1.165) is 57.8 Å². The van der Waals surface area contributed by atoms with Crippen LogP contribution in [0.5, 0.6) is 0 Å². The summed E-state index contributed by atoms with van der Waals surface area (Å²) in [6, 6.07) is 24.9. The summed E-state index contributed by atoms with van der Waals surface area (Å²) < 4.78 is 44.9. The minimum absolute atomic E-state index is 0.0588. The van der Waals surface area contributed by atoms with Crippen LogP contribution in [-0.4, -0.2) is 78.9 Å². The highest BCUT2D eigenvalue weighted by atomic mass is 16.7. The Bertz CT molecular complexity index is 2690. The lowest BCUT2D eigenvalue weighted by Crippen LogP contribution is -2.67. The van der Waals surface area contributed by atoms with Gasteiger partial charge in [-0.3, -0.25) is 4.79 Å². The van der Waals surface area contributed by atoms with Crippen molar-refractivity contribution in [3.63, 3.8) is 0 Å². The molecule has 12 nitrogen and oxygen atoms in total. The molecule has 4 saturated carbocycles. The molecule has 0 aromatic heterocycles. The van der Waals surface area contributed by atoms with Gasteiger partial charge < -0.3 is 33.2 Å². The second kappa shape index (κ2) is 20.7. The molecule has 0 N–H and O–H groups in total. The van der Waals surface area contributed by atoms with E-state index in [1.54, 1.807) is 118 Å². The third-order valence-electron chi connectivity index (χ3n) is 19.5. The zero-order valence-corrected chi connectivity index (χ0v) is 46.4. The summed E-state index contributed by atoms with van der Waals surface area (Å²) in [4.78, 5) is 71.6. The first-order valence-corrected chi connectivity index (χ1v) is 27.7. The third kappa shape index (κ3) is 9.99. The van der Waals surface area contributed by atoms with E-state index in [4.69, 9.17) is 33.2 Å². The van der Waals surface area contributed by atoms with E-state index in [0.29, 0.717) is 12.3 Å². The average molecular weight is 1040 g/mol. The maximum atomic E-state index is 14.6. The van der Waals surface area contributed by atoms with Crippen LogP contribution in [0.4, 0.5) is 0 Å². The molecule has 0 radical (unpaired) electrons. The molecule has 0 amide bonds. The minimum Gasteiger partial charge on any atom is -0.461 e. The highest BCUT2D eigenvalue weighted by Crippen LogP contribution is 2.76. The zero-order chi connectivity index (χ0) is 54.6. The van der Waals surface area contributed by atoms with Crippen molar-refractivity contribution in [2.75, 3.05) is 6.61 Å². The Morgan fingerprint density at radius 3 is 1.75 bits per heavy atom. The number of hydrogen-bond donors (Lipinski definition) is 0. The van der Waals surface area contributed by atoms with Gasteiger partial charge in [-0.15, -0.1) is 0 Å². The molecule has 1 aliphatic heterocycles. The van der Waals surface area contributed by atoms with Crippen molar-refractivity contribution in [3.05, 3.63) is 132 Å². The normalized spacial score (nSPS) is 35.2. The fourth-order valence-corrected chi connectivity index (χ4v) is 15.4. The number of allylic oxidation sites excluding steroid dienone is 2. The number of hydrogen-bond acceptors (Lipinski definition) is 12. The van der Waals surface area contributed by atoms with Crippen LogP contribution in [0.3, 0.4) is 0 Å². The van der Waals surface area contributed by atoms with Gasteiger partial charge in [0.2, 0.25) is 0 Å². The molecule has 3 aromatic carbocycles. The van der Waals surface area contributed by atoms with E-state index in [9.17, 15) is 24.0 Å². The first-order valence-electron chi connectivity index (χ1n) is 27.7. The number of ether oxygens (including phenoxy) is 7. The van der Waals surface area contributed by atoms with Crippen LogP contribution in [0.25, 0.3) is 0 Å². The largest absolute Gasteiger partial charge is 0.461 e. The first kappa shape index (κ1) is 55.2. The molecule has 1 saturated heterocycles. The van der Waals surface area contributed by atoms with Crippen LogP contribution in [0.15, 0.2) is 115 Å². The van der Waals surface area contributed by atoms with Gasteiger partial charge in [0.25, 0.3) is 0 Å². The van der Waals surface area contributed by atoms with Gasteiger partial charge in [0, 0.05) is 0 Å². The number of rotatable bonds is 12. The molecule has 0 unspecified atom stereocenters. The van der Waals surface area contributed by atoms with Crippen molar-refractivity contribution >= 4 is 29.8 Å². The van der Waals surface area contributed by atoms with Gasteiger partial charge in [0.1, 0.15) is 12.2 Å². The topological polar surface area (TPSA) is 150 Å². The summed E-state index contributed by atoms with van der Waals surface area (Å²) >= 11 is 0. The van der Waals surface area contributed by atoms with E-state index in [1.807, 2.05) is 0 Å². The third-order valence-corrected chi connectivity index (χ3v) is 19.5. The van der Waals surface area contributed by atoms with Crippen molar-refractivity contribution in [1.82, 2.24) is 0 Å². The van der Waals surface area contributed by atoms with Crippen LogP contribution in [-0.2, 0) is 42.7 Å². The molecular formula is C64H80O12. The summed E-state index contributed by atoms with van der Waals surface area (Å²) in [6.07, 6.45) is 4.38. The Labute approximate surface area is 450 Å². The fraction of sp³-hybridized carbons (Fsp3) is 0.578. The van der Waals surface area contributed by atoms with E-state index >= 15 is 0 Å². The number of carbonyl (C=O) groups excluding carboxylic acids is 5. The maximum Gasteiger partial charge on any atom is 0.339 e. The molecule has 5 fully saturated rings. The fourth-order valence-electron chi connectivity index (χ4n) is 15.4. The van der Waals surface area contributed by atoms with Gasteiger partial charge in [-0.1, -0.05) is 127 Å². The number of benzene rings is 3. The summed E-state index contributed by atoms with van der Waals surface area (Å²) in [5.74, 6) is -2.75. The molecule has 12 heteroatoms. The van der Waals surface area contributed by atoms with Crippen molar-refractivity contribution < 1.29 is 57.1 Å². The zero-order valence-electron chi connectivity index (χ0n) is 46.4. The molecule has 76 heavy (non-hydrogen) atoms. The number of carbonyl (C=O) groups is 5. The molecule has 1 heterocycles. The van der Waals surface area contributed by atoms with Crippen LogP contribution in [0.1, 0.15) is 165 Å². The molecule has 13 atom stereocenters. The van der Waals surface area contributed by atoms with E-state index < -0.39 is 77.1 Å². The van der Waals surface area contributed by atoms with Gasteiger partial charge in [-0.25, -0.2) is 19.2 Å². The van der Waals surface area contributed by atoms with Crippen molar-refractivity contribution in [2.45, 2.75) is 176 Å². The van der Waals surface area contributed by atoms with Crippen LogP contribution >= 0.6 is 0 Å². The van der Waals surface area contributed by atoms with E-state index in [1.165, 1.54) is 5.57 Å². The highest BCUT2D eigenvalue weighted by molar-refractivity contribution is 5.92. The van der Waals surface area contributed by atoms with Crippen LogP contribution < -0.4 is 0 Å². The van der Waals surface area contributed by atoms with Gasteiger partial charge in [0.05, 0.1) is 28.2 Å². The summed E-state index contributed by atoms with van der Waals surface area (Å²) in [5, 5.41) is 0. The predicted molar refractivity (Wildman–Crippen MR) is 287 cm³/mol. The Morgan fingerprint density at radius 1 is 0.658 bits per heavy atom. The van der Waals surface area contributed by atoms with E-state index in [-0.39, 0.29) is 62.8 Å². The second-order valence-electron chi connectivity index (χ2n) is 25.9. The van der Waals surface area contributed by atoms with Crippen molar-refractivity contribution in [1.29, 1.82) is 0 Å². The quantitative estimate of drug-likeness (QED) is 0.0735. The van der Waals surface area contributed by atoms with E-state index in [2.05, 4.69) is 61.1 Å². The standard InChI is InChI=1S/C64H80O12/c1-12-38-70-57(69)64-36-34-59(5,6)39-44(64)43-28-29-46-61(9)32-31-47(60(7,8)45(61)30-33-63(46,11)62(43,10)35-37-64)71-56-51(74-54(67)42-26-20-15-21-27-42)49(73-53(66)41-24-18-14-19-25-41)48(50(75-56)55(68)76-58(2,3)4)72-52(65)40-22-16-13-17-23-40/h12-28,44-51,56H,1,29-39H2,2-11H3/t44-,45-,46+,47-,48-,49-,50-,51+,56+,61-,62+,63+,64-/m0/s1. The summed E-state index contributed by atoms with van der Waals surface area (Å²) in [5.41, 5.74) is -0.252. The van der Waals surface area contributed by atoms with Gasteiger partial charge in [-0.2, -0.15) is 0 Å². The number of fused-ring (bicyclic) bond motifs is 7. The Balaban J connectivity index is 1.07. The molecule has 0 bridgehead atoms. The Morgan fingerprint density at radius 2 is 1.20 bits per heavy atom. The summed E-state index contributed by atoms with van der Waals surface area (Å²) in [6.45, 7) is 25.9. The molecule has 5 aliphatic carbocycles. The summed E-state index contributed by atoms with van der Waals surface area (Å²) in [7, 11) is 0. The van der Waals surface area contributed by atoms with Gasteiger partial charge in [-0.05, 0) is 166 Å². The molecule has 6 aliphatic rings. The predicted octanol–water partition coefficient (Wildman–Crippen LogP) is 12.6. The highest BCUT2D eigenvalue weighted by Gasteiger charge is 2.70. The Kier molecular flexibility index (Phi) is 15.0. The monoisotopic (exact) mass is 1040 g/mol. The van der Waals surface area contributed by atoms with Crippen LogP contribution in [0, 0.1) is 50.2 Å². The molecule has 3 aromatic rings. The molecular weight excluding hydrogens is 961 g/mol. The van der Waals surface area contributed by atoms with Gasteiger partial charge >= 0.3 is 29.8 Å². The second-order valence-corrected chi connectivity index (χ2v) is 25.9. The molecule has 0 spiro atoms. The lowest BCUT2D eigenvalue weighted by molar-refractivity contribution is -0.323. The lowest BCUT2D eigenvalue weighted by Gasteiger charge is -2.71. The first-order chi connectivity index (χ1) is 35.9.